The first-order valence-electron chi connectivity index (χ1n) is 21.7. The van der Waals surface area contributed by atoms with Gasteiger partial charge in [0, 0.05) is 13.0 Å². The summed E-state index contributed by atoms with van der Waals surface area (Å²) >= 11 is 0. The molecule has 1 rings (SSSR count). The Morgan fingerprint density at radius 2 is 1.19 bits per heavy atom. The lowest BCUT2D eigenvalue weighted by Crippen LogP contribution is -2.60. The molecule has 0 aromatic heterocycles. The fraction of sp³-hybridized carbons (Fsp3) is 0.711. The van der Waals surface area contributed by atoms with Crippen molar-refractivity contribution >= 4 is 16.4 Å². The number of allylic oxidation sites excluding steroid dienone is 12. The Kier molecular flexibility index (Phi) is 33.6. The minimum Gasteiger partial charge on any atom is -0.457 e. The minimum atomic E-state index is -5.06. The zero-order valence-electron chi connectivity index (χ0n) is 35.3. The number of hydrogen-bond donors (Lipinski definition) is 4. The zero-order valence-corrected chi connectivity index (χ0v) is 36.1. The second kappa shape index (κ2) is 36.4. The summed E-state index contributed by atoms with van der Waals surface area (Å²) < 4.78 is 58.8. The fourth-order valence-electron chi connectivity index (χ4n) is 6.09. The van der Waals surface area contributed by atoms with Crippen molar-refractivity contribution in [3.63, 3.8) is 0 Å². The van der Waals surface area contributed by atoms with Crippen LogP contribution in [0.2, 0.25) is 0 Å². The minimum absolute atomic E-state index is 0.0191. The number of esters is 1. The van der Waals surface area contributed by atoms with Crippen LogP contribution in [0.3, 0.4) is 0 Å². The molecule has 1 heterocycles. The highest BCUT2D eigenvalue weighted by Crippen LogP contribution is 2.26. The molecule has 334 valence electrons. The maximum absolute atomic E-state index is 12.7. The summed E-state index contributed by atoms with van der Waals surface area (Å²) in [5, 5.41) is 30.5. The maximum Gasteiger partial charge on any atom is 0.397 e. The van der Waals surface area contributed by atoms with Crippen LogP contribution >= 0.6 is 0 Å². The topological polar surface area (TPSA) is 178 Å². The molecule has 0 aromatic rings. The van der Waals surface area contributed by atoms with Gasteiger partial charge in [-0.2, -0.15) is 8.42 Å². The summed E-state index contributed by atoms with van der Waals surface area (Å²) in [5.41, 5.74) is 0. The highest BCUT2D eigenvalue weighted by molar-refractivity contribution is 7.80. The van der Waals surface area contributed by atoms with Gasteiger partial charge in [0.1, 0.15) is 30.5 Å². The van der Waals surface area contributed by atoms with Crippen LogP contribution in [0.15, 0.2) is 72.9 Å². The molecule has 0 aliphatic carbocycles. The Hall–Kier alpha value is -2.46. The van der Waals surface area contributed by atoms with Crippen LogP contribution in [0.4, 0.5) is 0 Å². The van der Waals surface area contributed by atoms with E-state index in [1.54, 1.807) is 0 Å². The highest BCUT2D eigenvalue weighted by atomic mass is 32.3. The number of aliphatic hydroxyl groups excluding tert-OH is 3. The summed E-state index contributed by atoms with van der Waals surface area (Å²) in [6.07, 6.45) is 36.8. The average molecular weight is 841 g/mol. The summed E-state index contributed by atoms with van der Waals surface area (Å²) in [5.74, 6) is -0.418. The van der Waals surface area contributed by atoms with Crippen molar-refractivity contribution in [2.45, 2.75) is 179 Å². The van der Waals surface area contributed by atoms with Crippen LogP contribution < -0.4 is 0 Å². The first-order valence-corrected chi connectivity index (χ1v) is 23.1. The zero-order chi connectivity index (χ0) is 42.5. The third-order valence-corrected chi connectivity index (χ3v) is 9.81. The monoisotopic (exact) mass is 841 g/mol. The van der Waals surface area contributed by atoms with E-state index in [1.807, 2.05) is 0 Å². The number of unbranched alkanes of at least 4 members (excludes halogenated alkanes) is 11. The van der Waals surface area contributed by atoms with Crippen LogP contribution in [-0.4, -0.2) is 97.5 Å². The number of carbonyl (C=O) groups is 1. The molecule has 1 aliphatic heterocycles. The average Bonchev–Trinajstić information content (AvgIpc) is 3.19. The van der Waals surface area contributed by atoms with E-state index in [2.05, 4.69) is 90.9 Å². The van der Waals surface area contributed by atoms with E-state index in [0.717, 1.165) is 96.3 Å². The predicted octanol–water partition coefficient (Wildman–Crippen LogP) is 8.74. The molecule has 6 atom stereocenters. The normalized spacial score (nSPS) is 21.2. The van der Waals surface area contributed by atoms with Gasteiger partial charge < -0.3 is 34.3 Å². The lowest BCUT2D eigenvalue weighted by Gasteiger charge is -2.41. The number of aliphatic hydroxyl groups is 3. The Balaban J connectivity index is 2.36. The lowest BCUT2D eigenvalue weighted by molar-refractivity contribution is -0.301. The van der Waals surface area contributed by atoms with Crippen molar-refractivity contribution in [2.24, 2.45) is 0 Å². The van der Waals surface area contributed by atoms with Gasteiger partial charge >= 0.3 is 16.4 Å². The van der Waals surface area contributed by atoms with Gasteiger partial charge in [0.25, 0.3) is 0 Å². The van der Waals surface area contributed by atoms with Gasteiger partial charge in [0.05, 0.1) is 19.8 Å². The summed E-state index contributed by atoms with van der Waals surface area (Å²) in [6, 6.07) is 0. The van der Waals surface area contributed by atoms with Gasteiger partial charge in [-0.3, -0.25) is 9.35 Å². The van der Waals surface area contributed by atoms with Crippen LogP contribution in [0.1, 0.15) is 142 Å². The first-order chi connectivity index (χ1) is 28.1. The van der Waals surface area contributed by atoms with Crippen LogP contribution in [0, 0.1) is 0 Å². The second-order valence-corrected chi connectivity index (χ2v) is 15.6. The standard InChI is InChI=1S/C45H76O12S/c1-3-5-7-9-11-12-13-14-15-16-17-18-19-20-21-22-23-24-25-26-27-29-31-33-35-53-37-39(55-41(47)34-32-30-28-10-8-6-4-2)38-54-45-43(49)44(57-58(50,51)52)42(48)40(36-46)56-45/h5,7,11-12,14-15,17-18,20-21,23-24,39-40,42-46,48-49H,3-4,6,8-10,13,16,19,22,25-38H2,1-2H3,(H,50,51,52)/b7-5-,12-11-,15-14-,18-17-,21-20-,24-23-. The van der Waals surface area contributed by atoms with E-state index in [-0.39, 0.29) is 19.6 Å². The van der Waals surface area contributed by atoms with Crippen molar-refractivity contribution in [1.29, 1.82) is 0 Å². The molecule has 13 heteroatoms. The van der Waals surface area contributed by atoms with Crippen molar-refractivity contribution in [3.05, 3.63) is 72.9 Å². The number of carbonyl (C=O) groups excluding carboxylic acids is 1. The Morgan fingerprint density at radius 1 is 0.672 bits per heavy atom. The van der Waals surface area contributed by atoms with E-state index in [9.17, 15) is 28.5 Å². The highest BCUT2D eigenvalue weighted by Gasteiger charge is 2.48. The van der Waals surface area contributed by atoms with E-state index in [1.165, 1.54) is 19.3 Å². The van der Waals surface area contributed by atoms with Crippen molar-refractivity contribution in [1.82, 2.24) is 0 Å². The van der Waals surface area contributed by atoms with E-state index in [4.69, 9.17) is 23.5 Å². The molecule has 0 saturated carbocycles. The smallest absolute Gasteiger partial charge is 0.397 e. The molecule has 6 unspecified atom stereocenters. The van der Waals surface area contributed by atoms with Crippen LogP contribution in [0.5, 0.6) is 0 Å². The largest absolute Gasteiger partial charge is 0.457 e. The van der Waals surface area contributed by atoms with Crippen molar-refractivity contribution in [2.75, 3.05) is 26.4 Å². The number of rotatable bonds is 36. The Bertz CT molecular complexity index is 1290. The molecule has 1 aliphatic rings. The lowest BCUT2D eigenvalue weighted by atomic mass is 9.99. The van der Waals surface area contributed by atoms with E-state index < -0.39 is 59.8 Å². The molecule has 12 nitrogen and oxygen atoms in total. The molecule has 0 spiro atoms. The van der Waals surface area contributed by atoms with Gasteiger partial charge in [0.15, 0.2) is 6.29 Å². The van der Waals surface area contributed by atoms with E-state index in [0.29, 0.717) is 13.0 Å². The van der Waals surface area contributed by atoms with Gasteiger partial charge in [-0.25, -0.2) is 4.18 Å². The third-order valence-electron chi connectivity index (χ3n) is 9.34. The molecular formula is C45H76O12S. The molecule has 58 heavy (non-hydrogen) atoms. The molecule has 4 N–H and O–H groups in total. The fourth-order valence-corrected chi connectivity index (χ4v) is 6.59. The van der Waals surface area contributed by atoms with Crippen LogP contribution in [-0.2, 0) is 38.3 Å². The quantitative estimate of drug-likeness (QED) is 0.0204. The van der Waals surface area contributed by atoms with Crippen LogP contribution in [0.25, 0.3) is 0 Å². The molecule has 0 amide bonds. The van der Waals surface area contributed by atoms with E-state index >= 15 is 0 Å². The summed E-state index contributed by atoms with van der Waals surface area (Å²) in [6.45, 7) is 3.74. The number of hydrogen-bond acceptors (Lipinski definition) is 11. The van der Waals surface area contributed by atoms with Gasteiger partial charge in [-0.15, -0.1) is 0 Å². The molecular weight excluding hydrogens is 765 g/mol. The second-order valence-electron chi connectivity index (χ2n) is 14.6. The van der Waals surface area contributed by atoms with Gasteiger partial charge in [-0.1, -0.05) is 145 Å². The Morgan fingerprint density at radius 3 is 1.74 bits per heavy atom. The Labute approximate surface area is 350 Å². The molecule has 1 saturated heterocycles. The van der Waals surface area contributed by atoms with Crippen molar-refractivity contribution in [3.8, 4) is 0 Å². The van der Waals surface area contributed by atoms with Crippen molar-refractivity contribution < 1.29 is 56.2 Å². The summed E-state index contributed by atoms with van der Waals surface area (Å²) in [4.78, 5) is 12.7. The predicted molar refractivity (Wildman–Crippen MR) is 229 cm³/mol. The number of ether oxygens (including phenoxy) is 4. The first kappa shape index (κ1) is 53.6. The SMILES string of the molecule is CC/C=C\C/C=C\C/C=C\C/C=C\C/C=C\C/C=C\CCCCCCCOCC(COC1OC(CO)C(O)C(OS(=O)(=O)O)C1O)OC(=O)CCCCCCCCC. The summed E-state index contributed by atoms with van der Waals surface area (Å²) in [7, 11) is -5.06. The van der Waals surface area contributed by atoms with Gasteiger partial charge in [-0.05, 0) is 64.2 Å². The molecule has 0 radical (unpaired) electrons. The molecule has 0 bridgehead atoms. The van der Waals surface area contributed by atoms with Gasteiger partial charge in [0.2, 0.25) is 0 Å². The molecule has 1 fully saturated rings. The third kappa shape index (κ3) is 29.7. The molecule has 0 aromatic carbocycles. The maximum atomic E-state index is 12.7.